The topological polar surface area (TPSA) is 148 Å². The van der Waals surface area contributed by atoms with Gasteiger partial charge in [-0.05, 0) is 66.1 Å². The van der Waals surface area contributed by atoms with Gasteiger partial charge in [0, 0.05) is 24.2 Å². The van der Waals surface area contributed by atoms with Gasteiger partial charge in [-0.15, -0.1) is 0 Å². The Morgan fingerprint density at radius 2 is 1.40 bits per heavy atom. The normalized spacial score (nSPS) is 12.0. The van der Waals surface area contributed by atoms with Gasteiger partial charge in [0.05, 0.1) is 43.3 Å². The van der Waals surface area contributed by atoms with E-state index in [1.165, 1.54) is 55.1 Å². The van der Waals surface area contributed by atoms with Crippen molar-refractivity contribution in [2.45, 2.75) is 29.3 Å². The molecule has 12 nitrogen and oxygen atoms in total. The minimum absolute atomic E-state index is 0.0117. The molecule has 1 aromatic heterocycles. The van der Waals surface area contributed by atoms with Crippen LogP contribution in [0.15, 0.2) is 135 Å². The first-order valence-electron chi connectivity index (χ1n) is 16.0. The molecule has 0 radical (unpaired) electrons. The number of furan rings is 1. The van der Waals surface area contributed by atoms with Gasteiger partial charge in [0.15, 0.2) is 11.5 Å². The minimum atomic E-state index is -4.16. The molecule has 52 heavy (non-hydrogen) atoms. The summed E-state index contributed by atoms with van der Waals surface area (Å²) in [6, 6.07) is 31.7. The van der Waals surface area contributed by atoms with Crippen molar-refractivity contribution in [1.29, 1.82) is 0 Å². The first-order chi connectivity index (χ1) is 25.0. The Morgan fingerprint density at radius 3 is 2.08 bits per heavy atom. The molecule has 0 fully saturated rings. The molecule has 0 aliphatic heterocycles. The number of rotatable bonds is 17. The van der Waals surface area contributed by atoms with Gasteiger partial charge >= 0.3 is 0 Å². The summed E-state index contributed by atoms with van der Waals surface area (Å²) in [5.74, 6) is 0.456. The average Bonchev–Trinajstić information content (AvgIpc) is 3.61. The van der Waals surface area contributed by atoms with Crippen LogP contribution in [0.25, 0.3) is 0 Å². The van der Waals surface area contributed by atoms with Gasteiger partial charge in [0.25, 0.3) is 5.91 Å². The van der Waals surface area contributed by atoms with Gasteiger partial charge in [-0.3, -0.25) is 4.79 Å². The summed E-state index contributed by atoms with van der Waals surface area (Å²) in [7, 11) is -5.23. The lowest BCUT2D eigenvalue weighted by atomic mass is 10.1. The molecule has 1 N–H and O–H groups in total. The molecule has 0 bridgehead atoms. The van der Waals surface area contributed by atoms with Crippen LogP contribution >= 0.6 is 11.6 Å². The summed E-state index contributed by atoms with van der Waals surface area (Å²) in [5.41, 5.74) is 3.98. The average molecular weight is 765 g/mol. The first-order valence-corrected chi connectivity index (χ1v) is 19.2. The fraction of sp³-hybridized carbons (Fsp3) is 0.189. The van der Waals surface area contributed by atoms with E-state index in [0.717, 1.165) is 15.4 Å². The zero-order valence-electron chi connectivity index (χ0n) is 28.4. The van der Waals surface area contributed by atoms with Crippen molar-refractivity contribution in [3.05, 3.63) is 143 Å². The van der Waals surface area contributed by atoms with E-state index in [1.807, 2.05) is 30.3 Å². The molecule has 0 aliphatic carbocycles. The fourth-order valence-corrected chi connectivity index (χ4v) is 8.11. The summed E-state index contributed by atoms with van der Waals surface area (Å²) < 4.78 is 73.5. The Hall–Kier alpha value is -4.99. The second-order valence-corrected chi connectivity index (χ2v) is 15.7. The van der Waals surface area contributed by atoms with Crippen molar-refractivity contribution in [3.8, 4) is 11.5 Å². The number of amides is 1. The number of hydrazone groups is 1. The van der Waals surface area contributed by atoms with Gasteiger partial charge in [0.2, 0.25) is 20.0 Å². The number of carbonyl (C=O) groups excluding carboxylic acids is 1. The summed E-state index contributed by atoms with van der Waals surface area (Å²) >= 11 is 6.03. The van der Waals surface area contributed by atoms with Crippen molar-refractivity contribution in [2.75, 3.05) is 27.3 Å². The minimum Gasteiger partial charge on any atom is -0.493 e. The molecule has 5 aromatic rings. The molecule has 0 atom stereocenters. The fourth-order valence-electron chi connectivity index (χ4n) is 5.16. The van der Waals surface area contributed by atoms with Gasteiger partial charge in [-0.2, -0.15) is 13.7 Å². The molecular weight excluding hydrogens is 728 g/mol. The van der Waals surface area contributed by atoms with Crippen LogP contribution in [0, 0.1) is 0 Å². The number of carbonyl (C=O) groups is 1. The quantitative estimate of drug-likeness (QED) is 0.0934. The van der Waals surface area contributed by atoms with Crippen LogP contribution in [-0.4, -0.2) is 64.9 Å². The maximum Gasteiger partial charge on any atom is 0.255 e. The lowest BCUT2D eigenvalue weighted by Crippen LogP contribution is -2.40. The number of nitrogens with zero attached hydrogens (tertiary/aromatic N) is 3. The van der Waals surface area contributed by atoms with Crippen molar-refractivity contribution in [2.24, 2.45) is 5.10 Å². The summed E-state index contributed by atoms with van der Waals surface area (Å²) in [5, 5.41) is 4.49. The Labute approximate surface area is 308 Å². The van der Waals surface area contributed by atoms with Gasteiger partial charge in [-0.25, -0.2) is 22.3 Å². The highest BCUT2D eigenvalue weighted by Gasteiger charge is 2.28. The predicted octanol–water partition coefficient (Wildman–Crippen LogP) is 5.73. The molecule has 272 valence electrons. The molecule has 15 heteroatoms. The summed E-state index contributed by atoms with van der Waals surface area (Å²) in [6.45, 7) is -0.551. The van der Waals surface area contributed by atoms with Gasteiger partial charge in [0.1, 0.15) is 11.5 Å². The van der Waals surface area contributed by atoms with Crippen LogP contribution in [0.2, 0.25) is 5.02 Å². The maximum atomic E-state index is 13.8. The molecule has 5 rings (SSSR count). The Bertz CT molecular complexity index is 2200. The molecule has 1 heterocycles. The molecule has 4 aromatic carbocycles. The highest BCUT2D eigenvalue weighted by Crippen LogP contribution is 2.31. The zero-order chi connectivity index (χ0) is 37.1. The SMILES string of the molecule is COc1ccc(S(=O)(=O)N(CCc2ccccc2)CC(=O)N/N=C\c2ccc(CN(Cc3ccc(Cl)cc3)S(=O)(=O)c3ccccc3)o2)cc1OC. The number of halogens is 1. The largest absolute Gasteiger partial charge is 0.493 e. The number of hydrogen-bond donors (Lipinski definition) is 1. The van der Waals surface area contributed by atoms with E-state index < -0.39 is 32.5 Å². The first kappa shape index (κ1) is 38.2. The van der Waals surface area contributed by atoms with Crippen molar-refractivity contribution in [3.63, 3.8) is 0 Å². The number of methoxy groups -OCH3 is 2. The third-order valence-corrected chi connectivity index (χ3v) is 11.8. The van der Waals surface area contributed by atoms with Crippen LogP contribution in [0.4, 0.5) is 0 Å². The number of nitrogens with one attached hydrogen (secondary N) is 1. The third-order valence-electron chi connectivity index (χ3n) is 7.85. The Kier molecular flexibility index (Phi) is 12.9. The molecule has 0 spiro atoms. The zero-order valence-corrected chi connectivity index (χ0v) is 30.8. The van der Waals surface area contributed by atoms with Crippen molar-refractivity contribution in [1.82, 2.24) is 14.0 Å². The number of ether oxygens (including phenoxy) is 2. The number of benzene rings is 4. The molecule has 0 saturated heterocycles. The highest BCUT2D eigenvalue weighted by atomic mass is 35.5. The third kappa shape index (κ3) is 9.86. The number of sulfonamides is 2. The lowest BCUT2D eigenvalue weighted by molar-refractivity contribution is -0.121. The van der Waals surface area contributed by atoms with Crippen LogP contribution in [0.3, 0.4) is 0 Å². The van der Waals surface area contributed by atoms with Crippen LogP contribution < -0.4 is 14.9 Å². The van der Waals surface area contributed by atoms with E-state index in [1.54, 1.807) is 54.6 Å². The van der Waals surface area contributed by atoms with E-state index in [9.17, 15) is 21.6 Å². The summed E-state index contributed by atoms with van der Waals surface area (Å²) in [6.07, 6.45) is 1.60. The van der Waals surface area contributed by atoms with Crippen LogP contribution in [0.1, 0.15) is 22.6 Å². The smallest absolute Gasteiger partial charge is 0.255 e. The van der Waals surface area contributed by atoms with Crippen LogP contribution in [-0.2, 0) is 44.4 Å². The van der Waals surface area contributed by atoms with E-state index in [4.69, 9.17) is 25.5 Å². The highest BCUT2D eigenvalue weighted by molar-refractivity contribution is 7.89. The van der Waals surface area contributed by atoms with Crippen LogP contribution in [0.5, 0.6) is 11.5 Å². The van der Waals surface area contributed by atoms with Crippen molar-refractivity contribution >= 4 is 43.8 Å². The molecule has 0 aliphatic rings. The second-order valence-electron chi connectivity index (χ2n) is 11.4. The van der Waals surface area contributed by atoms with Gasteiger partial charge in [-0.1, -0.05) is 72.3 Å². The monoisotopic (exact) mass is 764 g/mol. The second kappa shape index (κ2) is 17.5. The van der Waals surface area contributed by atoms with E-state index in [0.29, 0.717) is 23.0 Å². The molecular formula is C37H37ClN4O8S2. The summed E-state index contributed by atoms with van der Waals surface area (Å²) in [4.78, 5) is 13.1. The molecule has 0 unspecified atom stereocenters. The number of hydrogen-bond acceptors (Lipinski definition) is 9. The standard InChI is InChI=1S/C37H37ClN4O8S2/c1-48-35-20-19-34(23-36(35)49-2)52(46,47)41(22-21-28-9-5-3-6-10-28)27-37(43)40-39-24-31-17-18-32(50-31)26-42(25-29-13-15-30(38)16-14-29)51(44,45)33-11-7-4-8-12-33/h3-20,23-24H,21-22,25-27H2,1-2H3,(H,40,43)/b39-24-. The predicted molar refractivity (Wildman–Crippen MR) is 197 cm³/mol. The van der Waals surface area contributed by atoms with E-state index in [2.05, 4.69) is 10.5 Å². The van der Waals surface area contributed by atoms with E-state index in [-0.39, 0.29) is 40.9 Å². The van der Waals surface area contributed by atoms with E-state index >= 15 is 0 Å². The van der Waals surface area contributed by atoms with Gasteiger partial charge < -0.3 is 13.9 Å². The Morgan fingerprint density at radius 1 is 0.750 bits per heavy atom. The Balaban J connectivity index is 1.28. The lowest BCUT2D eigenvalue weighted by Gasteiger charge is -2.22. The molecule has 1 amide bonds. The van der Waals surface area contributed by atoms with Crippen molar-refractivity contribution < 1.29 is 35.5 Å². The molecule has 0 saturated carbocycles. The maximum absolute atomic E-state index is 13.8.